The summed E-state index contributed by atoms with van der Waals surface area (Å²) in [7, 11) is 0. The molecule has 0 atom stereocenters. The van der Waals surface area contributed by atoms with E-state index < -0.39 is 0 Å². The maximum Gasteiger partial charge on any atom is 0.269 e. The lowest BCUT2D eigenvalue weighted by Gasteiger charge is -2.30. The van der Waals surface area contributed by atoms with E-state index >= 15 is 0 Å². The number of non-ortho nitro benzene ring substituents is 1. The smallest absolute Gasteiger partial charge is 0.269 e. The van der Waals surface area contributed by atoms with Crippen molar-refractivity contribution in [2.45, 2.75) is 19.9 Å². The van der Waals surface area contributed by atoms with Gasteiger partial charge in [-0.05, 0) is 30.5 Å². The second-order valence-electron chi connectivity index (χ2n) is 5.25. The molecule has 0 saturated heterocycles. The Bertz CT molecular complexity index is 807. The van der Waals surface area contributed by atoms with Crippen molar-refractivity contribution in [2.24, 2.45) is 0 Å². The van der Waals surface area contributed by atoms with Crippen LogP contribution in [0.4, 0.5) is 16.4 Å². The number of nitro benzene ring substituents is 1. The highest BCUT2D eigenvalue weighted by molar-refractivity contribution is 7.16. The number of thiophene rings is 1. The molecule has 7 heteroatoms. The van der Waals surface area contributed by atoms with Gasteiger partial charge in [0.15, 0.2) is 0 Å². The summed E-state index contributed by atoms with van der Waals surface area (Å²) in [5.74, 6) is 0. The number of benzene rings is 1. The Balaban J connectivity index is 1.92. The lowest BCUT2D eigenvalue weighted by atomic mass is 10.0. The zero-order valence-corrected chi connectivity index (χ0v) is 12.8. The first-order valence-corrected chi connectivity index (χ1v) is 7.63. The van der Waals surface area contributed by atoms with E-state index in [4.69, 9.17) is 5.73 Å². The van der Waals surface area contributed by atoms with Gasteiger partial charge in [0.05, 0.1) is 17.0 Å². The number of nitro groups is 1. The number of nitriles is 1. The van der Waals surface area contributed by atoms with Crippen molar-refractivity contribution in [1.82, 2.24) is 0 Å². The molecule has 1 aromatic heterocycles. The standard InChI is InChI=1S/C15H14N4O2S/c1-9-6-10(19(20)21)2-3-13(9)18-5-4-11-12(7-16)15(17)22-14(11)8-18/h2-3,6H,4-5,8,17H2,1H3. The summed E-state index contributed by atoms with van der Waals surface area (Å²) in [5.41, 5.74) is 9.54. The molecular formula is C15H14N4O2S. The largest absolute Gasteiger partial charge is 0.389 e. The second-order valence-corrected chi connectivity index (χ2v) is 6.39. The number of nitrogens with two attached hydrogens (primary N) is 1. The van der Waals surface area contributed by atoms with Crippen molar-refractivity contribution in [3.8, 4) is 6.07 Å². The van der Waals surface area contributed by atoms with Crippen LogP contribution >= 0.6 is 11.3 Å². The molecule has 2 heterocycles. The Hall–Kier alpha value is -2.59. The first-order valence-electron chi connectivity index (χ1n) is 6.81. The predicted octanol–water partition coefficient (Wildman–Crippen LogP) is 2.98. The predicted molar refractivity (Wildman–Crippen MR) is 86.0 cm³/mol. The fourth-order valence-electron chi connectivity index (χ4n) is 2.86. The van der Waals surface area contributed by atoms with Crippen LogP contribution in [0.5, 0.6) is 0 Å². The lowest BCUT2D eigenvalue weighted by molar-refractivity contribution is -0.384. The molecule has 112 valence electrons. The molecule has 1 aromatic carbocycles. The summed E-state index contributed by atoms with van der Waals surface area (Å²) in [4.78, 5) is 13.7. The first-order chi connectivity index (χ1) is 10.5. The van der Waals surface area contributed by atoms with Crippen molar-refractivity contribution in [3.05, 3.63) is 49.9 Å². The highest BCUT2D eigenvalue weighted by Crippen LogP contribution is 2.37. The van der Waals surface area contributed by atoms with Gasteiger partial charge in [-0.2, -0.15) is 5.26 Å². The van der Waals surface area contributed by atoms with E-state index in [1.54, 1.807) is 12.1 Å². The number of hydrogen-bond donors (Lipinski definition) is 1. The summed E-state index contributed by atoms with van der Waals surface area (Å²) in [5, 5.41) is 20.6. The van der Waals surface area contributed by atoms with Gasteiger partial charge in [-0.25, -0.2) is 0 Å². The van der Waals surface area contributed by atoms with Gasteiger partial charge in [0.2, 0.25) is 0 Å². The molecule has 2 aromatic rings. The summed E-state index contributed by atoms with van der Waals surface area (Å²) in [6, 6.07) is 7.09. The van der Waals surface area contributed by atoms with Crippen LogP contribution < -0.4 is 10.6 Å². The first kappa shape index (κ1) is 14.4. The van der Waals surface area contributed by atoms with Gasteiger partial charge >= 0.3 is 0 Å². The molecule has 0 unspecified atom stereocenters. The molecule has 22 heavy (non-hydrogen) atoms. The molecular weight excluding hydrogens is 300 g/mol. The van der Waals surface area contributed by atoms with Gasteiger partial charge < -0.3 is 10.6 Å². The van der Waals surface area contributed by atoms with E-state index in [9.17, 15) is 15.4 Å². The molecule has 0 fully saturated rings. The van der Waals surface area contributed by atoms with E-state index in [1.165, 1.54) is 17.4 Å². The van der Waals surface area contributed by atoms with Crippen molar-refractivity contribution in [1.29, 1.82) is 5.26 Å². The van der Waals surface area contributed by atoms with Crippen LogP contribution in [0.1, 0.15) is 21.6 Å². The quantitative estimate of drug-likeness (QED) is 0.679. The average molecular weight is 314 g/mol. The third kappa shape index (κ3) is 2.27. The summed E-state index contributed by atoms with van der Waals surface area (Å²) in [6.45, 7) is 3.34. The minimum absolute atomic E-state index is 0.103. The van der Waals surface area contributed by atoms with E-state index in [-0.39, 0.29) is 10.6 Å². The van der Waals surface area contributed by atoms with Gasteiger partial charge in [0.1, 0.15) is 11.1 Å². The molecule has 2 N–H and O–H groups in total. The van der Waals surface area contributed by atoms with Crippen LogP contribution in [0.15, 0.2) is 18.2 Å². The van der Waals surface area contributed by atoms with Crippen LogP contribution in [0, 0.1) is 28.4 Å². The number of rotatable bonds is 2. The van der Waals surface area contributed by atoms with E-state index in [0.717, 1.165) is 34.7 Å². The van der Waals surface area contributed by atoms with Crippen LogP contribution in [0.3, 0.4) is 0 Å². The Morgan fingerprint density at radius 2 is 2.27 bits per heavy atom. The van der Waals surface area contributed by atoms with E-state index in [2.05, 4.69) is 11.0 Å². The lowest BCUT2D eigenvalue weighted by Crippen LogP contribution is -2.30. The summed E-state index contributed by atoms with van der Waals surface area (Å²) in [6.07, 6.45) is 0.766. The minimum atomic E-state index is -0.385. The number of aryl methyl sites for hydroxylation is 1. The third-order valence-electron chi connectivity index (χ3n) is 3.93. The van der Waals surface area contributed by atoms with Crippen molar-refractivity contribution < 1.29 is 4.92 Å². The highest BCUT2D eigenvalue weighted by atomic mass is 32.1. The van der Waals surface area contributed by atoms with Crippen molar-refractivity contribution >= 4 is 27.7 Å². The van der Waals surface area contributed by atoms with Crippen molar-refractivity contribution in [2.75, 3.05) is 17.2 Å². The number of nitrogen functional groups attached to an aromatic ring is 1. The summed E-state index contributed by atoms with van der Waals surface area (Å²) >= 11 is 1.46. The van der Waals surface area contributed by atoms with Gasteiger partial charge in [0, 0.05) is 29.2 Å². The number of hydrogen-bond acceptors (Lipinski definition) is 6. The molecule has 0 saturated carbocycles. The fraction of sp³-hybridized carbons (Fsp3) is 0.267. The van der Waals surface area contributed by atoms with Crippen molar-refractivity contribution in [3.63, 3.8) is 0 Å². The zero-order chi connectivity index (χ0) is 15.9. The van der Waals surface area contributed by atoms with Crippen LogP contribution in [0.25, 0.3) is 0 Å². The zero-order valence-electron chi connectivity index (χ0n) is 12.0. The number of anilines is 2. The second kappa shape index (κ2) is 5.31. The molecule has 3 rings (SSSR count). The molecule has 0 bridgehead atoms. The van der Waals surface area contributed by atoms with E-state index in [0.29, 0.717) is 17.1 Å². The van der Waals surface area contributed by atoms with Gasteiger partial charge in [0.25, 0.3) is 5.69 Å². The Morgan fingerprint density at radius 3 is 2.91 bits per heavy atom. The SMILES string of the molecule is Cc1cc([N+](=O)[O-])ccc1N1CCc2c(sc(N)c2C#N)C1. The van der Waals surface area contributed by atoms with Crippen LogP contribution in [-0.4, -0.2) is 11.5 Å². The maximum absolute atomic E-state index is 10.8. The Morgan fingerprint density at radius 1 is 1.50 bits per heavy atom. The molecule has 0 amide bonds. The number of nitrogens with zero attached hydrogens (tertiary/aromatic N) is 3. The van der Waals surface area contributed by atoms with Gasteiger partial charge in [-0.15, -0.1) is 11.3 Å². The minimum Gasteiger partial charge on any atom is -0.389 e. The monoisotopic (exact) mass is 314 g/mol. The van der Waals surface area contributed by atoms with E-state index in [1.807, 2.05) is 6.92 Å². The normalized spacial score (nSPS) is 13.5. The van der Waals surface area contributed by atoms with Gasteiger partial charge in [-0.1, -0.05) is 0 Å². The average Bonchev–Trinajstić information content (AvgIpc) is 2.81. The Labute approximate surface area is 131 Å². The molecule has 1 aliphatic heterocycles. The highest BCUT2D eigenvalue weighted by Gasteiger charge is 2.24. The maximum atomic E-state index is 10.8. The van der Waals surface area contributed by atoms with Gasteiger partial charge in [-0.3, -0.25) is 10.1 Å². The topological polar surface area (TPSA) is 96.2 Å². The van der Waals surface area contributed by atoms with Crippen LogP contribution in [0.2, 0.25) is 0 Å². The molecule has 1 aliphatic rings. The number of fused-ring (bicyclic) bond motifs is 1. The van der Waals surface area contributed by atoms with Crippen LogP contribution in [-0.2, 0) is 13.0 Å². The molecule has 0 aliphatic carbocycles. The Kier molecular flexibility index (Phi) is 3.47. The molecule has 6 nitrogen and oxygen atoms in total. The summed E-state index contributed by atoms with van der Waals surface area (Å²) < 4.78 is 0. The third-order valence-corrected chi connectivity index (χ3v) is 4.97. The molecule has 0 radical (unpaired) electrons. The fourth-order valence-corrected chi connectivity index (χ4v) is 3.95. The molecule has 0 spiro atoms.